The van der Waals surface area contributed by atoms with Crippen molar-refractivity contribution in [3.8, 4) is 0 Å². The molecule has 2 aliphatic heterocycles. The minimum absolute atomic E-state index is 0.0768. The maximum Gasteiger partial charge on any atom is 0.0821 e. The Balaban J connectivity index is 2.01. The minimum atomic E-state index is 0.0768. The Bertz CT molecular complexity index is 189. The number of morpholine rings is 1. The fourth-order valence-corrected chi connectivity index (χ4v) is 1.64. The number of hydrazone groups is 1. The Morgan fingerprint density at radius 3 is 3.17 bits per heavy atom. The summed E-state index contributed by atoms with van der Waals surface area (Å²) < 4.78 is 5.67. The van der Waals surface area contributed by atoms with Crippen LogP contribution in [-0.2, 0) is 4.74 Å². The van der Waals surface area contributed by atoms with Crippen LogP contribution in [-0.4, -0.2) is 38.6 Å². The molecule has 1 saturated heterocycles. The predicted octanol–water partition coefficient (Wildman–Crippen LogP) is -0.430. The van der Waals surface area contributed by atoms with Crippen molar-refractivity contribution in [2.24, 2.45) is 10.5 Å². The molecule has 0 bridgehead atoms. The van der Waals surface area contributed by atoms with Gasteiger partial charge in [0, 0.05) is 25.8 Å². The number of nitrogens with zero attached hydrogens (tertiary/aromatic N) is 1. The van der Waals surface area contributed by atoms with E-state index < -0.39 is 0 Å². The third-order valence-corrected chi connectivity index (χ3v) is 2.57. The second kappa shape index (κ2) is 3.03. The molecule has 0 spiro atoms. The zero-order valence-electron chi connectivity index (χ0n) is 7.34. The molecule has 2 aliphatic rings. The van der Waals surface area contributed by atoms with Gasteiger partial charge in [0.1, 0.15) is 0 Å². The molecule has 2 rings (SSSR count). The maximum absolute atomic E-state index is 5.67. The first-order valence-electron chi connectivity index (χ1n) is 4.41. The van der Waals surface area contributed by atoms with E-state index in [1.54, 1.807) is 0 Å². The molecule has 0 radical (unpaired) electrons. The van der Waals surface area contributed by atoms with Gasteiger partial charge in [0.2, 0.25) is 0 Å². The van der Waals surface area contributed by atoms with E-state index in [0.29, 0.717) is 0 Å². The van der Waals surface area contributed by atoms with E-state index in [1.807, 2.05) is 6.21 Å². The lowest BCUT2D eigenvalue weighted by atomic mass is 9.85. The summed E-state index contributed by atoms with van der Waals surface area (Å²) in [6, 6.07) is 0. The molecular weight excluding hydrogens is 154 g/mol. The summed E-state index contributed by atoms with van der Waals surface area (Å²) in [6.45, 7) is 5.78. The van der Waals surface area contributed by atoms with Crippen molar-refractivity contribution in [3.63, 3.8) is 0 Å². The Kier molecular flexibility index (Phi) is 2.02. The lowest BCUT2D eigenvalue weighted by Crippen LogP contribution is -2.49. The van der Waals surface area contributed by atoms with Gasteiger partial charge in [-0.25, -0.2) is 0 Å². The molecule has 0 aromatic carbocycles. The molecule has 2 heterocycles. The maximum atomic E-state index is 5.67. The molecule has 4 heteroatoms. The van der Waals surface area contributed by atoms with Gasteiger partial charge in [-0.3, -0.25) is 0 Å². The molecule has 0 aromatic heterocycles. The monoisotopic (exact) mass is 169 g/mol. The van der Waals surface area contributed by atoms with Crippen LogP contribution in [0.3, 0.4) is 0 Å². The highest BCUT2D eigenvalue weighted by Crippen LogP contribution is 2.24. The third-order valence-electron chi connectivity index (χ3n) is 2.57. The highest BCUT2D eigenvalue weighted by Gasteiger charge is 2.36. The normalized spacial score (nSPS) is 41.2. The van der Waals surface area contributed by atoms with Crippen molar-refractivity contribution >= 4 is 6.21 Å². The molecule has 0 amide bonds. The molecule has 12 heavy (non-hydrogen) atoms. The van der Waals surface area contributed by atoms with Crippen molar-refractivity contribution in [1.82, 2.24) is 10.7 Å². The van der Waals surface area contributed by atoms with Gasteiger partial charge < -0.3 is 15.5 Å². The van der Waals surface area contributed by atoms with E-state index in [1.165, 1.54) is 0 Å². The second-order valence-corrected chi connectivity index (χ2v) is 3.66. The van der Waals surface area contributed by atoms with Crippen LogP contribution in [0, 0.1) is 5.41 Å². The Morgan fingerprint density at radius 2 is 2.58 bits per heavy atom. The summed E-state index contributed by atoms with van der Waals surface area (Å²) in [7, 11) is 0. The molecular formula is C8H15N3O. The lowest BCUT2D eigenvalue weighted by Gasteiger charge is -2.34. The van der Waals surface area contributed by atoms with E-state index in [2.05, 4.69) is 22.8 Å². The predicted molar refractivity (Wildman–Crippen MR) is 47.2 cm³/mol. The van der Waals surface area contributed by atoms with E-state index in [9.17, 15) is 0 Å². The van der Waals surface area contributed by atoms with Crippen molar-refractivity contribution in [1.29, 1.82) is 0 Å². The van der Waals surface area contributed by atoms with Crippen LogP contribution in [0.1, 0.15) is 6.92 Å². The van der Waals surface area contributed by atoms with Crippen LogP contribution in [0.25, 0.3) is 0 Å². The van der Waals surface area contributed by atoms with Crippen LogP contribution in [0.5, 0.6) is 0 Å². The van der Waals surface area contributed by atoms with Gasteiger partial charge in [-0.05, 0) is 0 Å². The first-order chi connectivity index (χ1) is 5.81. The summed E-state index contributed by atoms with van der Waals surface area (Å²) in [6.07, 6.45) is 2.23. The van der Waals surface area contributed by atoms with Gasteiger partial charge in [-0.2, -0.15) is 5.10 Å². The zero-order valence-corrected chi connectivity index (χ0v) is 7.34. The average Bonchev–Trinajstić information content (AvgIpc) is 2.55. The van der Waals surface area contributed by atoms with Crippen LogP contribution < -0.4 is 10.7 Å². The van der Waals surface area contributed by atoms with Gasteiger partial charge in [0.25, 0.3) is 0 Å². The first-order valence-corrected chi connectivity index (χ1v) is 4.41. The molecule has 1 fully saturated rings. The fraction of sp³-hybridized carbons (Fsp3) is 0.875. The number of hydrogen-bond donors (Lipinski definition) is 2. The van der Waals surface area contributed by atoms with E-state index in [-0.39, 0.29) is 11.5 Å². The molecule has 2 atom stereocenters. The van der Waals surface area contributed by atoms with Crippen molar-refractivity contribution in [2.75, 3.05) is 26.2 Å². The average molecular weight is 169 g/mol. The minimum Gasteiger partial charge on any atom is -0.375 e. The summed E-state index contributed by atoms with van der Waals surface area (Å²) in [5.41, 5.74) is 3.05. The van der Waals surface area contributed by atoms with Crippen LogP contribution in [0.2, 0.25) is 0 Å². The number of nitrogens with one attached hydrogen (secondary N) is 2. The van der Waals surface area contributed by atoms with Gasteiger partial charge in [0.15, 0.2) is 0 Å². The highest BCUT2D eigenvalue weighted by atomic mass is 16.5. The van der Waals surface area contributed by atoms with Crippen molar-refractivity contribution in [3.05, 3.63) is 0 Å². The molecule has 68 valence electrons. The number of hydrogen-bond acceptors (Lipinski definition) is 4. The van der Waals surface area contributed by atoms with Crippen LogP contribution >= 0.6 is 0 Å². The number of rotatable bonds is 1. The highest BCUT2D eigenvalue weighted by molar-refractivity contribution is 5.68. The summed E-state index contributed by atoms with van der Waals surface area (Å²) in [4.78, 5) is 0. The van der Waals surface area contributed by atoms with Crippen LogP contribution in [0.4, 0.5) is 0 Å². The van der Waals surface area contributed by atoms with Gasteiger partial charge in [0.05, 0.1) is 18.1 Å². The fourth-order valence-electron chi connectivity index (χ4n) is 1.64. The van der Waals surface area contributed by atoms with Crippen molar-refractivity contribution in [2.45, 2.75) is 13.0 Å². The van der Waals surface area contributed by atoms with Crippen molar-refractivity contribution < 1.29 is 4.74 Å². The van der Waals surface area contributed by atoms with Gasteiger partial charge in [-0.15, -0.1) is 0 Å². The van der Waals surface area contributed by atoms with Gasteiger partial charge >= 0.3 is 0 Å². The largest absolute Gasteiger partial charge is 0.375 e. The van der Waals surface area contributed by atoms with Crippen LogP contribution in [0.15, 0.2) is 5.10 Å². The second-order valence-electron chi connectivity index (χ2n) is 3.66. The van der Waals surface area contributed by atoms with E-state index in [4.69, 9.17) is 4.74 Å². The smallest absolute Gasteiger partial charge is 0.0821 e. The first kappa shape index (κ1) is 8.01. The Hall–Kier alpha value is -0.610. The molecule has 1 unspecified atom stereocenters. The lowest BCUT2D eigenvalue weighted by molar-refractivity contribution is -0.0191. The van der Waals surface area contributed by atoms with E-state index >= 15 is 0 Å². The summed E-state index contributed by atoms with van der Waals surface area (Å²) >= 11 is 0. The van der Waals surface area contributed by atoms with E-state index in [0.717, 1.165) is 26.2 Å². The Morgan fingerprint density at radius 1 is 1.67 bits per heavy atom. The Labute approximate surface area is 72.4 Å². The quantitative estimate of drug-likeness (QED) is 0.560. The standard InChI is InChI=1S/C8H15N3O/c1-8(5-10-11-6-8)7-4-9-2-3-12-7/h5,7,9,11H,2-4,6H2,1H3/t7-,8?/m1/s1. The zero-order chi connectivity index (χ0) is 8.44. The van der Waals surface area contributed by atoms with Gasteiger partial charge in [-0.1, -0.05) is 6.92 Å². The molecule has 0 aromatic rings. The topological polar surface area (TPSA) is 45.6 Å². The molecule has 4 nitrogen and oxygen atoms in total. The molecule has 0 aliphatic carbocycles. The molecule has 2 N–H and O–H groups in total. The summed E-state index contributed by atoms with van der Waals surface area (Å²) in [5.74, 6) is 0. The molecule has 0 saturated carbocycles. The number of ether oxygens (including phenoxy) is 1. The SMILES string of the molecule is CC1([C@H]2CNCCO2)C=NNC1. The summed E-state index contributed by atoms with van der Waals surface area (Å²) in [5, 5.41) is 7.35. The third kappa shape index (κ3) is 1.32.